The Kier molecular flexibility index (Phi) is 6.65. The van der Waals surface area contributed by atoms with Gasteiger partial charge in [0.15, 0.2) is 0 Å². The van der Waals surface area contributed by atoms with Crippen LogP contribution in [0.5, 0.6) is 23.0 Å². The molecule has 1 heterocycles. The van der Waals surface area contributed by atoms with Crippen molar-refractivity contribution in [3.63, 3.8) is 0 Å². The average Bonchev–Trinajstić information content (AvgIpc) is 3.35. The SMILES string of the molecule is COc1cc(OC)cc(C2=NN(S(=O)(=O)c3ccccc3)C(c3cc(OC)ccc3OC)C2)c1. The predicted molar refractivity (Wildman–Crippen MR) is 128 cm³/mol. The third kappa shape index (κ3) is 4.38. The Hall–Kier alpha value is -3.72. The first-order chi connectivity index (χ1) is 16.4. The van der Waals surface area contributed by atoms with Gasteiger partial charge in [0.25, 0.3) is 10.0 Å². The summed E-state index contributed by atoms with van der Waals surface area (Å²) in [5.74, 6) is 2.29. The van der Waals surface area contributed by atoms with E-state index in [0.717, 1.165) is 4.41 Å². The lowest BCUT2D eigenvalue weighted by Gasteiger charge is -2.25. The first kappa shape index (κ1) is 23.4. The fourth-order valence-electron chi connectivity index (χ4n) is 3.89. The Morgan fingerprint density at radius 3 is 2.03 bits per heavy atom. The van der Waals surface area contributed by atoms with Gasteiger partial charge in [-0.15, -0.1) is 0 Å². The summed E-state index contributed by atoms with van der Waals surface area (Å²) in [5, 5.41) is 4.60. The molecular formula is C25H26N2O6S. The standard InChI is InChI=1S/C25H26N2O6S/c1-30-18-10-11-25(33-4)22(15-18)24-16-23(17-12-19(31-2)14-20(13-17)32-3)26-27(24)34(28,29)21-8-6-5-7-9-21/h5-15,24H,16H2,1-4H3. The fraction of sp³-hybridized carbons (Fsp3) is 0.240. The van der Waals surface area contributed by atoms with Gasteiger partial charge >= 0.3 is 0 Å². The molecule has 9 heteroatoms. The zero-order valence-electron chi connectivity index (χ0n) is 19.4. The van der Waals surface area contributed by atoms with E-state index >= 15 is 0 Å². The van der Waals surface area contributed by atoms with Crippen molar-refractivity contribution in [1.82, 2.24) is 4.41 Å². The third-order valence-electron chi connectivity index (χ3n) is 5.64. The van der Waals surface area contributed by atoms with Crippen LogP contribution < -0.4 is 18.9 Å². The Bertz CT molecular complexity index is 1290. The lowest BCUT2D eigenvalue weighted by molar-refractivity contribution is 0.346. The zero-order valence-corrected chi connectivity index (χ0v) is 20.2. The Balaban J connectivity index is 1.88. The number of rotatable bonds is 8. The van der Waals surface area contributed by atoms with Gasteiger partial charge in [0.1, 0.15) is 23.0 Å². The van der Waals surface area contributed by atoms with Crippen molar-refractivity contribution >= 4 is 15.7 Å². The molecule has 178 valence electrons. The molecule has 0 radical (unpaired) electrons. The molecule has 0 N–H and O–H groups in total. The van der Waals surface area contributed by atoms with Crippen LogP contribution in [0.3, 0.4) is 0 Å². The van der Waals surface area contributed by atoms with Gasteiger partial charge in [-0.3, -0.25) is 0 Å². The summed E-state index contributed by atoms with van der Waals surface area (Å²) in [5.41, 5.74) is 1.93. The molecule has 1 aliphatic heterocycles. The maximum absolute atomic E-state index is 13.7. The number of hydrogen-bond acceptors (Lipinski definition) is 7. The van der Waals surface area contributed by atoms with Crippen LogP contribution in [0, 0.1) is 0 Å². The van der Waals surface area contributed by atoms with E-state index in [0.29, 0.717) is 46.3 Å². The maximum Gasteiger partial charge on any atom is 0.279 e. The second-order valence-electron chi connectivity index (χ2n) is 7.57. The monoisotopic (exact) mass is 482 g/mol. The number of benzene rings is 3. The molecule has 3 aromatic rings. The van der Waals surface area contributed by atoms with Crippen molar-refractivity contribution in [3.05, 3.63) is 77.9 Å². The van der Waals surface area contributed by atoms with Crippen molar-refractivity contribution in [2.24, 2.45) is 5.10 Å². The molecule has 4 rings (SSSR count). The highest BCUT2D eigenvalue weighted by atomic mass is 32.2. The van der Waals surface area contributed by atoms with Crippen molar-refractivity contribution < 1.29 is 27.4 Å². The highest BCUT2D eigenvalue weighted by molar-refractivity contribution is 7.89. The molecular weight excluding hydrogens is 456 g/mol. The van der Waals surface area contributed by atoms with Crippen LogP contribution in [-0.2, 0) is 10.0 Å². The zero-order chi connectivity index (χ0) is 24.3. The molecule has 1 aliphatic rings. The number of hydrogen-bond donors (Lipinski definition) is 0. The second kappa shape index (κ2) is 9.64. The van der Waals surface area contributed by atoms with Crippen LogP contribution >= 0.6 is 0 Å². The lowest BCUT2D eigenvalue weighted by atomic mass is 9.98. The number of methoxy groups -OCH3 is 4. The minimum absolute atomic E-state index is 0.148. The van der Waals surface area contributed by atoms with E-state index in [-0.39, 0.29) is 4.90 Å². The van der Waals surface area contributed by atoms with Gasteiger partial charge in [0.2, 0.25) is 0 Å². The van der Waals surface area contributed by atoms with Crippen molar-refractivity contribution in [2.75, 3.05) is 28.4 Å². The largest absolute Gasteiger partial charge is 0.497 e. The highest BCUT2D eigenvalue weighted by Crippen LogP contribution is 2.42. The summed E-state index contributed by atoms with van der Waals surface area (Å²) in [6, 6.07) is 18.3. The average molecular weight is 483 g/mol. The van der Waals surface area contributed by atoms with E-state index < -0.39 is 16.1 Å². The number of sulfonamides is 1. The summed E-state index contributed by atoms with van der Waals surface area (Å²) in [6.45, 7) is 0. The second-order valence-corrected chi connectivity index (χ2v) is 9.36. The van der Waals surface area contributed by atoms with E-state index in [1.165, 1.54) is 0 Å². The van der Waals surface area contributed by atoms with Gasteiger partial charge in [0.05, 0.1) is 45.1 Å². The molecule has 0 aromatic heterocycles. The van der Waals surface area contributed by atoms with Gasteiger partial charge < -0.3 is 18.9 Å². The molecule has 0 bridgehead atoms. The first-order valence-electron chi connectivity index (χ1n) is 10.5. The molecule has 3 aromatic carbocycles. The van der Waals surface area contributed by atoms with Gasteiger partial charge in [-0.05, 0) is 42.5 Å². The van der Waals surface area contributed by atoms with Crippen LogP contribution in [0.25, 0.3) is 0 Å². The molecule has 34 heavy (non-hydrogen) atoms. The number of nitrogens with zero attached hydrogens (tertiary/aromatic N) is 2. The smallest absolute Gasteiger partial charge is 0.279 e. The van der Waals surface area contributed by atoms with E-state index in [1.54, 1.807) is 95.2 Å². The minimum atomic E-state index is -3.97. The predicted octanol–water partition coefficient (Wildman–Crippen LogP) is 4.26. The molecule has 0 saturated carbocycles. The van der Waals surface area contributed by atoms with Gasteiger partial charge in [-0.1, -0.05) is 18.2 Å². The fourth-order valence-corrected chi connectivity index (χ4v) is 5.34. The minimum Gasteiger partial charge on any atom is -0.497 e. The molecule has 0 aliphatic carbocycles. The van der Waals surface area contributed by atoms with E-state index in [4.69, 9.17) is 18.9 Å². The van der Waals surface area contributed by atoms with Crippen molar-refractivity contribution in [3.8, 4) is 23.0 Å². The van der Waals surface area contributed by atoms with Crippen LogP contribution in [0.15, 0.2) is 76.7 Å². The van der Waals surface area contributed by atoms with Gasteiger partial charge in [0, 0.05) is 23.6 Å². The Morgan fingerprint density at radius 1 is 0.794 bits per heavy atom. The molecule has 0 fully saturated rings. The number of hydrazone groups is 1. The molecule has 1 atom stereocenters. The number of ether oxygens (including phenoxy) is 4. The molecule has 0 spiro atoms. The van der Waals surface area contributed by atoms with Crippen LogP contribution in [0.4, 0.5) is 0 Å². The topological polar surface area (TPSA) is 86.7 Å². The summed E-state index contributed by atoms with van der Waals surface area (Å²) >= 11 is 0. The van der Waals surface area contributed by atoms with E-state index in [2.05, 4.69) is 5.10 Å². The van der Waals surface area contributed by atoms with Crippen LogP contribution in [0.1, 0.15) is 23.6 Å². The lowest BCUT2D eigenvalue weighted by Crippen LogP contribution is -2.27. The summed E-state index contributed by atoms with van der Waals surface area (Å²) in [7, 11) is 2.26. The molecule has 1 unspecified atom stereocenters. The normalized spacial score (nSPS) is 15.6. The molecule has 8 nitrogen and oxygen atoms in total. The Morgan fingerprint density at radius 2 is 1.44 bits per heavy atom. The quantitative estimate of drug-likeness (QED) is 0.477. The van der Waals surface area contributed by atoms with Crippen LogP contribution in [-0.4, -0.2) is 47.0 Å². The molecule has 0 saturated heterocycles. The summed E-state index contributed by atoms with van der Waals surface area (Å²) in [4.78, 5) is 0.148. The van der Waals surface area contributed by atoms with Crippen LogP contribution in [0.2, 0.25) is 0 Å². The summed E-state index contributed by atoms with van der Waals surface area (Å²) in [6.07, 6.45) is 0.311. The van der Waals surface area contributed by atoms with Gasteiger partial charge in [-0.2, -0.15) is 17.9 Å². The van der Waals surface area contributed by atoms with Crippen molar-refractivity contribution in [1.29, 1.82) is 0 Å². The van der Waals surface area contributed by atoms with Gasteiger partial charge in [-0.25, -0.2) is 0 Å². The third-order valence-corrected chi connectivity index (χ3v) is 7.34. The van der Waals surface area contributed by atoms with E-state index in [1.807, 2.05) is 0 Å². The van der Waals surface area contributed by atoms with Crippen molar-refractivity contribution in [2.45, 2.75) is 17.4 Å². The highest BCUT2D eigenvalue weighted by Gasteiger charge is 2.39. The van der Waals surface area contributed by atoms with E-state index in [9.17, 15) is 8.42 Å². The molecule has 0 amide bonds. The first-order valence-corrected chi connectivity index (χ1v) is 12.0. The Labute approximate surface area is 199 Å². The maximum atomic E-state index is 13.7. The summed E-state index contributed by atoms with van der Waals surface area (Å²) < 4.78 is 50.3.